The van der Waals surface area contributed by atoms with Gasteiger partial charge in [0.05, 0.1) is 12.2 Å². The van der Waals surface area contributed by atoms with E-state index in [1.165, 1.54) is 25.7 Å². The number of Topliss-reactive ketones (excluding diaryl/α,β-unsaturated/α-hetero) is 1. The molecule has 0 spiro atoms. The first-order valence-electron chi connectivity index (χ1n) is 5.78. The molecule has 2 rings (SSSR count). The second-order valence-corrected chi connectivity index (χ2v) is 6.55. The average Bonchev–Trinajstić information content (AvgIpc) is 2.87. The smallest absolute Gasteiger partial charge is 0.149 e. The van der Waals surface area contributed by atoms with Crippen LogP contribution in [0.25, 0.3) is 0 Å². The predicted molar refractivity (Wildman–Crippen MR) is 70.3 cm³/mol. The summed E-state index contributed by atoms with van der Waals surface area (Å²) in [7, 11) is 0. The maximum Gasteiger partial charge on any atom is 0.149 e. The summed E-state index contributed by atoms with van der Waals surface area (Å²) in [5.74, 6) is 0.995. The van der Waals surface area contributed by atoms with Gasteiger partial charge in [-0.1, -0.05) is 12.8 Å². The lowest BCUT2D eigenvalue weighted by molar-refractivity contribution is -0.116. The maximum absolute atomic E-state index is 11.7. The largest absolute Gasteiger partial charge is 0.298 e. The third kappa shape index (κ3) is 3.59. The van der Waals surface area contributed by atoms with Gasteiger partial charge in [-0.05, 0) is 19.8 Å². The van der Waals surface area contributed by atoms with Crippen molar-refractivity contribution in [3.05, 3.63) is 16.1 Å². The molecule has 1 saturated carbocycles. The van der Waals surface area contributed by atoms with Crippen LogP contribution in [0, 0.1) is 6.92 Å². The van der Waals surface area contributed by atoms with Crippen molar-refractivity contribution in [3.63, 3.8) is 0 Å². The Morgan fingerprint density at radius 3 is 2.94 bits per heavy atom. The normalized spacial score (nSPS) is 16.8. The van der Waals surface area contributed by atoms with Crippen molar-refractivity contribution < 1.29 is 4.79 Å². The topological polar surface area (TPSA) is 30.0 Å². The third-order valence-electron chi connectivity index (χ3n) is 2.80. The number of nitrogens with zero attached hydrogens (tertiary/aromatic N) is 1. The number of aryl methyl sites for hydroxylation is 1. The van der Waals surface area contributed by atoms with Crippen LogP contribution < -0.4 is 0 Å². The Balaban J connectivity index is 1.71. The van der Waals surface area contributed by atoms with E-state index in [0.717, 1.165) is 16.0 Å². The van der Waals surface area contributed by atoms with E-state index in [1.807, 2.05) is 24.1 Å². The predicted octanol–water partition coefficient (Wildman–Crippen LogP) is 3.24. The zero-order valence-corrected chi connectivity index (χ0v) is 11.2. The van der Waals surface area contributed by atoms with Crippen molar-refractivity contribution in [3.8, 4) is 0 Å². The molecule has 4 heteroatoms. The summed E-state index contributed by atoms with van der Waals surface area (Å²) < 4.78 is 0. The van der Waals surface area contributed by atoms with Crippen LogP contribution in [0.5, 0.6) is 0 Å². The monoisotopic (exact) mass is 255 g/mol. The highest BCUT2D eigenvalue weighted by atomic mass is 32.2. The molecule has 88 valence electrons. The number of carbonyl (C=O) groups is 1. The summed E-state index contributed by atoms with van der Waals surface area (Å²) in [5, 5.41) is 3.71. The fraction of sp³-hybridized carbons (Fsp3) is 0.667. The number of carbonyl (C=O) groups excluding carboxylic acids is 1. The molecule has 1 aliphatic rings. The van der Waals surface area contributed by atoms with E-state index < -0.39 is 0 Å². The van der Waals surface area contributed by atoms with Crippen LogP contribution in [0.15, 0.2) is 5.38 Å². The molecular formula is C12H17NOS2. The molecule has 0 radical (unpaired) electrons. The van der Waals surface area contributed by atoms with Crippen molar-refractivity contribution in [2.45, 2.75) is 44.3 Å². The Labute approximate surface area is 105 Å². The average molecular weight is 255 g/mol. The fourth-order valence-electron chi connectivity index (χ4n) is 1.97. The van der Waals surface area contributed by atoms with E-state index in [9.17, 15) is 4.79 Å². The standard InChI is InChI=1S/C12H17NOS2/c1-9-7-16-12(13-9)6-10(14)8-15-11-4-2-3-5-11/h7,11H,2-6,8H2,1H3. The molecule has 0 saturated heterocycles. The second kappa shape index (κ2) is 5.82. The molecule has 1 fully saturated rings. The van der Waals surface area contributed by atoms with Gasteiger partial charge in [-0.15, -0.1) is 11.3 Å². The van der Waals surface area contributed by atoms with Gasteiger partial charge < -0.3 is 0 Å². The van der Waals surface area contributed by atoms with Crippen molar-refractivity contribution in [2.75, 3.05) is 5.75 Å². The van der Waals surface area contributed by atoms with E-state index in [4.69, 9.17) is 0 Å². The quantitative estimate of drug-likeness (QED) is 0.809. The van der Waals surface area contributed by atoms with E-state index in [1.54, 1.807) is 11.3 Å². The number of aromatic nitrogens is 1. The molecule has 2 nitrogen and oxygen atoms in total. The first kappa shape index (κ1) is 12.1. The molecule has 1 aromatic rings. The zero-order valence-electron chi connectivity index (χ0n) is 9.57. The Morgan fingerprint density at radius 2 is 2.31 bits per heavy atom. The molecule has 0 bridgehead atoms. The van der Waals surface area contributed by atoms with Crippen LogP contribution in [0.4, 0.5) is 0 Å². The van der Waals surface area contributed by atoms with Crippen LogP contribution in [0.2, 0.25) is 0 Å². The molecule has 0 unspecified atom stereocenters. The lowest BCUT2D eigenvalue weighted by atomic mass is 10.3. The summed E-state index contributed by atoms with van der Waals surface area (Å²) in [4.78, 5) is 16.0. The molecular weight excluding hydrogens is 238 g/mol. The summed E-state index contributed by atoms with van der Waals surface area (Å²) in [6, 6.07) is 0. The highest BCUT2D eigenvalue weighted by Gasteiger charge is 2.17. The first-order chi connectivity index (χ1) is 7.74. The molecule has 0 amide bonds. The minimum Gasteiger partial charge on any atom is -0.298 e. The Kier molecular flexibility index (Phi) is 4.41. The number of ketones is 1. The highest BCUT2D eigenvalue weighted by Crippen LogP contribution is 2.29. The molecule has 0 aliphatic heterocycles. The molecule has 0 atom stereocenters. The molecule has 1 aliphatic carbocycles. The van der Waals surface area contributed by atoms with Crippen LogP contribution in [0.3, 0.4) is 0 Å². The van der Waals surface area contributed by atoms with E-state index in [-0.39, 0.29) is 0 Å². The number of hydrogen-bond donors (Lipinski definition) is 0. The molecule has 16 heavy (non-hydrogen) atoms. The van der Waals surface area contributed by atoms with Gasteiger partial charge in [-0.25, -0.2) is 4.98 Å². The van der Waals surface area contributed by atoms with Gasteiger partial charge in [0.1, 0.15) is 10.8 Å². The lowest BCUT2D eigenvalue weighted by Crippen LogP contribution is -2.08. The number of thiazole rings is 1. The van der Waals surface area contributed by atoms with Crippen LogP contribution in [0.1, 0.15) is 36.4 Å². The first-order valence-corrected chi connectivity index (χ1v) is 7.71. The minimum atomic E-state index is 0.325. The highest BCUT2D eigenvalue weighted by molar-refractivity contribution is 8.00. The van der Waals surface area contributed by atoms with Crippen molar-refractivity contribution in [1.82, 2.24) is 4.98 Å². The van der Waals surface area contributed by atoms with Gasteiger partial charge in [-0.3, -0.25) is 4.79 Å². The van der Waals surface area contributed by atoms with Gasteiger partial charge in [0.25, 0.3) is 0 Å². The second-order valence-electron chi connectivity index (χ2n) is 4.32. The summed E-state index contributed by atoms with van der Waals surface area (Å²) >= 11 is 3.44. The van der Waals surface area contributed by atoms with Gasteiger partial charge in [0.2, 0.25) is 0 Å². The maximum atomic E-state index is 11.7. The summed E-state index contributed by atoms with van der Waals surface area (Å²) in [5.41, 5.74) is 1.02. The van der Waals surface area contributed by atoms with E-state index >= 15 is 0 Å². The van der Waals surface area contributed by atoms with Crippen molar-refractivity contribution in [1.29, 1.82) is 0 Å². The Hall–Kier alpha value is -0.350. The van der Waals surface area contributed by atoms with Gasteiger partial charge in [-0.2, -0.15) is 11.8 Å². The molecule has 1 heterocycles. The van der Waals surface area contributed by atoms with E-state index in [2.05, 4.69) is 4.98 Å². The van der Waals surface area contributed by atoms with E-state index in [0.29, 0.717) is 18.0 Å². The third-order valence-corrected chi connectivity index (χ3v) is 5.20. The lowest BCUT2D eigenvalue weighted by Gasteiger charge is -2.06. The number of rotatable bonds is 5. The SMILES string of the molecule is Cc1csc(CC(=O)CSC2CCCC2)n1. The minimum absolute atomic E-state index is 0.325. The van der Waals surface area contributed by atoms with Crippen LogP contribution >= 0.6 is 23.1 Å². The number of thioether (sulfide) groups is 1. The van der Waals surface area contributed by atoms with Gasteiger partial charge in [0.15, 0.2) is 0 Å². The van der Waals surface area contributed by atoms with Crippen molar-refractivity contribution in [2.24, 2.45) is 0 Å². The molecule has 1 aromatic heterocycles. The Bertz CT molecular complexity index is 356. The summed E-state index contributed by atoms with van der Waals surface area (Å²) in [6.07, 6.45) is 5.82. The molecule has 0 aromatic carbocycles. The fourth-order valence-corrected chi connectivity index (χ4v) is 3.96. The zero-order chi connectivity index (χ0) is 11.4. The van der Waals surface area contributed by atoms with Crippen LogP contribution in [-0.2, 0) is 11.2 Å². The summed E-state index contributed by atoms with van der Waals surface area (Å²) in [6.45, 7) is 1.97. The van der Waals surface area contributed by atoms with Gasteiger partial charge >= 0.3 is 0 Å². The Morgan fingerprint density at radius 1 is 1.56 bits per heavy atom. The van der Waals surface area contributed by atoms with Crippen LogP contribution in [-0.4, -0.2) is 21.8 Å². The molecule has 0 N–H and O–H groups in total. The number of hydrogen-bond acceptors (Lipinski definition) is 4. The van der Waals surface area contributed by atoms with Gasteiger partial charge in [0, 0.05) is 16.3 Å². The van der Waals surface area contributed by atoms with Crippen molar-refractivity contribution >= 4 is 28.9 Å².